The molecule has 202 valence electrons. The molecule has 0 aliphatic carbocycles. The Morgan fingerprint density at radius 3 is 2.13 bits per heavy atom. The molecule has 38 heavy (non-hydrogen) atoms. The second-order valence-electron chi connectivity index (χ2n) is 9.07. The van der Waals surface area contributed by atoms with Crippen molar-refractivity contribution in [2.75, 3.05) is 17.4 Å². The van der Waals surface area contributed by atoms with Crippen LogP contribution in [0.25, 0.3) is 0 Å². The molecule has 1 atom stereocenters. The monoisotopic (exact) mass is 539 g/mol. The minimum absolute atomic E-state index is 0.138. The van der Waals surface area contributed by atoms with Gasteiger partial charge in [-0.3, -0.25) is 13.9 Å². The van der Waals surface area contributed by atoms with Crippen molar-refractivity contribution >= 4 is 27.5 Å². The van der Waals surface area contributed by atoms with Gasteiger partial charge in [-0.25, -0.2) is 12.8 Å². The zero-order valence-electron chi connectivity index (χ0n) is 22.1. The van der Waals surface area contributed by atoms with Crippen molar-refractivity contribution in [1.29, 1.82) is 0 Å². The fourth-order valence-electron chi connectivity index (χ4n) is 4.16. The third-order valence-electron chi connectivity index (χ3n) is 6.34. The lowest BCUT2D eigenvalue weighted by Gasteiger charge is -2.33. The van der Waals surface area contributed by atoms with Gasteiger partial charge in [-0.1, -0.05) is 48.9 Å². The first-order valence-corrected chi connectivity index (χ1v) is 14.0. The number of carbonyl (C=O) groups is 2. The van der Waals surface area contributed by atoms with Crippen molar-refractivity contribution in [2.45, 2.75) is 51.6 Å². The first-order chi connectivity index (χ1) is 18.1. The summed E-state index contributed by atoms with van der Waals surface area (Å²) in [5, 5.41) is 2.78. The van der Waals surface area contributed by atoms with Gasteiger partial charge >= 0.3 is 0 Å². The molecule has 0 saturated heterocycles. The fourth-order valence-corrected chi connectivity index (χ4v) is 5.57. The highest BCUT2D eigenvalue weighted by Crippen LogP contribution is 2.25. The van der Waals surface area contributed by atoms with E-state index in [1.165, 1.54) is 17.0 Å². The number of carbonyl (C=O) groups excluding carboxylic acids is 2. The summed E-state index contributed by atoms with van der Waals surface area (Å²) in [6.45, 7) is 7.40. The van der Waals surface area contributed by atoms with Gasteiger partial charge in [-0.05, 0) is 74.7 Å². The molecule has 0 aliphatic rings. The Morgan fingerprint density at radius 2 is 1.55 bits per heavy atom. The van der Waals surface area contributed by atoms with Gasteiger partial charge in [0.25, 0.3) is 10.0 Å². The number of sulfonamides is 1. The van der Waals surface area contributed by atoms with Crippen LogP contribution < -0.4 is 9.62 Å². The number of nitrogens with one attached hydrogen (secondary N) is 1. The SMILES string of the molecule is CCNC(=O)[C@H](CC)N(Cc1ccccc1C)C(=O)CN(c1ccc(C)cc1)S(=O)(=O)c1ccc(F)cc1. The number of likely N-dealkylation sites (N-methyl/N-ethyl adjacent to an activating group) is 1. The van der Waals surface area contributed by atoms with Crippen LogP contribution in [0.4, 0.5) is 10.1 Å². The first kappa shape index (κ1) is 28.8. The molecule has 0 aliphatic heterocycles. The van der Waals surface area contributed by atoms with Crippen molar-refractivity contribution in [2.24, 2.45) is 0 Å². The lowest BCUT2D eigenvalue weighted by Crippen LogP contribution is -2.52. The van der Waals surface area contributed by atoms with Crippen LogP contribution in [0.5, 0.6) is 0 Å². The van der Waals surface area contributed by atoms with E-state index in [4.69, 9.17) is 0 Å². The van der Waals surface area contributed by atoms with Crippen LogP contribution >= 0.6 is 0 Å². The number of anilines is 1. The van der Waals surface area contributed by atoms with Gasteiger partial charge in [0.15, 0.2) is 0 Å². The van der Waals surface area contributed by atoms with Crippen LogP contribution in [0.1, 0.15) is 37.0 Å². The highest BCUT2D eigenvalue weighted by molar-refractivity contribution is 7.92. The summed E-state index contributed by atoms with van der Waals surface area (Å²) in [4.78, 5) is 28.2. The molecule has 7 nitrogen and oxygen atoms in total. The predicted octanol–water partition coefficient (Wildman–Crippen LogP) is 4.58. The molecule has 3 aromatic rings. The zero-order chi connectivity index (χ0) is 27.9. The number of benzene rings is 3. The molecular weight excluding hydrogens is 505 g/mol. The molecule has 3 rings (SSSR count). The number of nitrogens with zero attached hydrogens (tertiary/aromatic N) is 2. The smallest absolute Gasteiger partial charge is 0.264 e. The van der Waals surface area contributed by atoms with Gasteiger partial charge in [0.05, 0.1) is 10.6 Å². The molecule has 0 spiro atoms. The largest absolute Gasteiger partial charge is 0.355 e. The van der Waals surface area contributed by atoms with Gasteiger partial charge in [-0.2, -0.15) is 0 Å². The average Bonchev–Trinajstić information content (AvgIpc) is 2.89. The van der Waals surface area contributed by atoms with E-state index in [-0.39, 0.29) is 23.0 Å². The topological polar surface area (TPSA) is 86.8 Å². The van der Waals surface area contributed by atoms with Gasteiger partial charge in [-0.15, -0.1) is 0 Å². The lowest BCUT2D eigenvalue weighted by molar-refractivity contribution is -0.140. The Balaban J connectivity index is 2.06. The Kier molecular flexibility index (Phi) is 9.63. The van der Waals surface area contributed by atoms with E-state index in [1.807, 2.05) is 45.0 Å². The average molecular weight is 540 g/mol. The van der Waals surface area contributed by atoms with Gasteiger partial charge in [0, 0.05) is 13.1 Å². The molecule has 1 N–H and O–H groups in total. The molecule has 9 heteroatoms. The van der Waals surface area contributed by atoms with E-state index < -0.39 is 34.3 Å². The summed E-state index contributed by atoms with van der Waals surface area (Å²) in [7, 11) is -4.24. The maximum absolute atomic E-state index is 13.9. The molecule has 0 saturated carbocycles. The first-order valence-electron chi connectivity index (χ1n) is 12.5. The minimum Gasteiger partial charge on any atom is -0.355 e. The number of hydrogen-bond acceptors (Lipinski definition) is 4. The summed E-state index contributed by atoms with van der Waals surface area (Å²) >= 11 is 0. The molecule has 0 radical (unpaired) electrons. The van der Waals surface area contributed by atoms with Crippen LogP contribution in [0.2, 0.25) is 0 Å². The van der Waals surface area contributed by atoms with Gasteiger partial charge in [0.1, 0.15) is 18.4 Å². The molecule has 0 heterocycles. The molecule has 2 amide bonds. The molecule has 0 fully saturated rings. The summed E-state index contributed by atoms with van der Waals surface area (Å²) in [5.74, 6) is -1.41. The highest BCUT2D eigenvalue weighted by Gasteiger charge is 2.33. The predicted molar refractivity (Wildman–Crippen MR) is 147 cm³/mol. The third kappa shape index (κ3) is 6.77. The number of amides is 2. The Bertz CT molecular complexity index is 1360. The molecule has 0 unspecified atom stereocenters. The summed E-state index contributed by atoms with van der Waals surface area (Å²) < 4.78 is 42.0. The van der Waals surface area contributed by atoms with Crippen LogP contribution in [-0.4, -0.2) is 44.3 Å². The van der Waals surface area contributed by atoms with Crippen molar-refractivity contribution in [3.63, 3.8) is 0 Å². The lowest BCUT2D eigenvalue weighted by atomic mass is 10.1. The number of halogens is 1. The van der Waals surface area contributed by atoms with Crippen molar-refractivity contribution in [3.8, 4) is 0 Å². The normalized spacial score (nSPS) is 12.0. The molecular formula is C29H34FN3O4S. The quantitative estimate of drug-likeness (QED) is 0.387. The van der Waals surface area contributed by atoms with Gasteiger partial charge < -0.3 is 10.2 Å². The number of hydrogen-bond donors (Lipinski definition) is 1. The van der Waals surface area contributed by atoms with E-state index in [0.29, 0.717) is 13.0 Å². The Morgan fingerprint density at radius 1 is 0.921 bits per heavy atom. The van der Waals surface area contributed by atoms with Crippen molar-refractivity contribution in [1.82, 2.24) is 10.2 Å². The molecule has 0 aromatic heterocycles. The standard InChI is InChI=1S/C29H34FN3O4S/c1-5-27(29(35)31-6-2)32(19-23-10-8-7-9-22(23)4)28(34)20-33(25-15-11-21(3)12-16-25)38(36,37)26-17-13-24(30)14-18-26/h7-18,27H,5-6,19-20H2,1-4H3,(H,31,35)/t27-/m0/s1. The van der Waals surface area contributed by atoms with Gasteiger partial charge in [0.2, 0.25) is 11.8 Å². The van der Waals surface area contributed by atoms with Crippen LogP contribution in [0, 0.1) is 19.7 Å². The number of aryl methyl sites for hydroxylation is 2. The third-order valence-corrected chi connectivity index (χ3v) is 8.13. The maximum Gasteiger partial charge on any atom is 0.264 e. The second kappa shape index (κ2) is 12.7. The summed E-state index contributed by atoms with van der Waals surface area (Å²) in [6, 6.07) is 18.0. The Hall–Kier alpha value is -3.72. The Labute approximate surface area is 224 Å². The maximum atomic E-state index is 13.9. The van der Waals surface area contributed by atoms with E-state index in [9.17, 15) is 22.4 Å². The van der Waals surface area contributed by atoms with Crippen molar-refractivity contribution < 1.29 is 22.4 Å². The second-order valence-corrected chi connectivity index (χ2v) is 10.9. The summed E-state index contributed by atoms with van der Waals surface area (Å²) in [5.41, 5.74) is 3.01. The number of rotatable bonds is 11. The van der Waals surface area contributed by atoms with Crippen molar-refractivity contribution in [3.05, 3.63) is 95.3 Å². The molecule has 0 bridgehead atoms. The van der Waals surface area contributed by atoms with E-state index in [2.05, 4.69) is 5.32 Å². The van der Waals surface area contributed by atoms with Crippen LogP contribution in [0.3, 0.4) is 0 Å². The summed E-state index contributed by atoms with van der Waals surface area (Å²) in [6.07, 6.45) is 0.346. The van der Waals surface area contributed by atoms with Crippen LogP contribution in [-0.2, 0) is 26.2 Å². The highest BCUT2D eigenvalue weighted by atomic mass is 32.2. The fraction of sp³-hybridized carbons (Fsp3) is 0.310. The van der Waals surface area contributed by atoms with E-state index >= 15 is 0 Å². The van der Waals surface area contributed by atoms with E-state index in [0.717, 1.165) is 33.1 Å². The molecule has 3 aromatic carbocycles. The minimum atomic E-state index is -4.24. The zero-order valence-corrected chi connectivity index (χ0v) is 23.0. The van der Waals surface area contributed by atoms with E-state index in [1.54, 1.807) is 31.2 Å². The van der Waals surface area contributed by atoms with Crippen LogP contribution in [0.15, 0.2) is 77.7 Å².